The van der Waals surface area contributed by atoms with Gasteiger partial charge in [-0.15, -0.1) is 5.10 Å². The zero-order chi connectivity index (χ0) is 16.4. The minimum Gasteiger partial charge on any atom is -0.349 e. The lowest BCUT2D eigenvalue weighted by Gasteiger charge is -2.42. The van der Waals surface area contributed by atoms with Gasteiger partial charge in [-0.05, 0) is 42.4 Å². The molecule has 0 spiro atoms. The maximum absolute atomic E-state index is 13.3. The number of hydrogen-bond donors (Lipinski definition) is 2. The van der Waals surface area contributed by atoms with E-state index in [1.807, 2.05) is 6.07 Å². The van der Waals surface area contributed by atoms with E-state index in [0.29, 0.717) is 6.54 Å². The fraction of sp³-hybridized carbons (Fsp3) is 0.438. The van der Waals surface area contributed by atoms with Crippen molar-refractivity contribution >= 4 is 5.91 Å². The molecule has 3 rings (SSSR count). The Morgan fingerprint density at radius 2 is 2.26 bits per heavy atom. The van der Waals surface area contributed by atoms with E-state index in [2.05, 4.69) is 15.4 Å². The summed E-state index contributed by atoms with van der Waals surface area (Å²) in [5.41, 5.74) is 0.469. The van der Waals surface area contributed by atoms with Crippen LogP contribution in [0.4, 0.5) is 4.39 Å². The van der Waals surface area contributed by atoms with Crippen LogP contribution in [0.5, 0.6) is 0 Å². The molecule has 122 valence electrons. The zero-order valence-electron chi connectivity index (χ0n) is 12.9. The Morgan fingerprint density at radius 3 is 2.83 bits per heavy atom. The van der Waals surface area contributed by atoms with E-state index in [4.69, 9.17) is 0 Å². The van der Waals surface area contributed by atoms with Crippen LogP contribution in [-0.4, -0.2) is 27.2 Å². The Labute approximate surface area is 132 Å². The van der Waals surface area contributed by atoms with Crippen LogP contribution < -0.4 is 11.0 Å². The van der Waals surface area contributed by atoms with Crippen molar-refractivity contribution in [2.45, 2.75) is 25.7 Å². The van der Waals surface area contributed by atoms with Crippen LogP contribution in [0.3, 0.4) is 0 Å². The van der Waals surface area contributed by atoms with E-state index in [1.165, 1.54) is 19.2 Å². The maximum Gasteiger partial charge on any atom is 0.343 e. The molecule has 1 aliphatic rings. The first-order chi connectivity index (χ1) is 11.0. The molecule has 1 heterocycles. The molecule has 6 nitrogen and oxygen atoms in total. The number of rotatable bonds is 5. The lowest BCUT2D eigenvalue weighted by Crippen LogP contribution is -2.44. The molecule has 0 bridgehead atoms. The molecule has 0 atom stereocenters. The van der Waals surface area contributed by atoms with Crippen LogP contribution in [0.1, 0.15) is 35.4 Å². The summed E-state index contributed by atoms with van der Waals surface area (Å²) < 4.78 is 14.4. The van der Waals surface area contributed by atoms with Gasteiger partial charge in [0.15, 0.2) is 0 Å². The Kier molecular flexibility index (Phi) is 4.02. The number of hydrogen-bond acceptors (Lipinski definition) is 3. The predicted molar refractivity (Wildman–Crippen MR) is 82.5 cm³/mol. The van der Waals surface area contributed by atoms with Crippen LogP contribution in [0.15, 0.2) is 29.1 Å². The van der Waals surface area contributed by atoms with Gasteiger partial charge in [-0.3, -0.25) is 9.78 Å². The second kappa shape index (κ2) is 5.98. The average Bonchev–Trinajstić information content (AvgIpc) is 2.81. The Hall–Kier alpha value is -2.44. The van der Waals surface area contributed by atoms with Crippen molar-refractivity contribution < 1.29 is 9.18 Å². The topological polar surface area (TPSA) is 79.8 Å². The fourth-order valence-corrected chi connectivity index (χ4v) is 3.03. The van der Waals surface area contributed by atoms with Crippen molar-refractivity contribution in [3.63, 3.8) is 0 Å². The number of carbonyl (C=O) groups excluding carboxylic acids is 1. The summed E-state index contributed by atoms with van der Waals surface area (Å²) in [5, 5.41) is 6.68. The summed E-state index contributed by atoms with van der Waals surface area (Å²) >= 11 is 0. The minimum absolute atomic E-state index is 0.0118. The van der Waals surface area contributed by atoms with Gasteiger partial charge in [-0.2, -0.15) is 0 Å². The molecule has 1 aliphatic carbocycles. The molecular weight excluding hydrogens is 299 g/mol. The Morgan fingerprint density at radius 1 is 1.48 bits per heavy atom. The summed E-state index contributed by atoms with van der Waals surface area (Å²) in [4.78, 5) is 25.8. The van der Waals surface area contributed by atoms with Gasteiger partial charge in [0.05, 0.1) is 0 Å². The van der Waals surface area contributed by atoms with Crippen LogP contribution in [-0.2, 0) is 13.5 Å². The van der Waals surface area contributed by atoms with Crippen LogP contribution in [0, 0.1) is 11.2 Å². The number of benzene rings is 1. The van der Waals surface area contributed by atoms with Crippen LogP contribution in [0.25, 0.3) is 0 Å². The van der Waals surface area contributed by atoms with E-state index in [-0.39, 0.29) is 17.1 Å². The predicted octanol–water partition coefficient (Wildman–Crippen LogP) is 1.39. The minimum atomic E-state index is -0.423. The number of carbonyl (C=O) groups is 1. The molecule has 1 aromatic heterocycles. The molecule has 1 fully saturated rings. The second-order valence-electron chi connectivity index (χ2n) is 6.25. The molecule has 23 heavy (non-hydrogen) atoms. The number of nitrogens with zero attached hydrogens (tertiary/aromatic N) is 2. The Bertz CT molecular complexity index is 776. The number of nitrogens with one attached hydrogen (secondary N) is 2. The molecule has 0 aliphatic heterocycles. The largest absolute Gasteiger partial charge is 0.349 e. The second-order valence-corrected chi connectivity index (χ2v) is 6.25. The summed E-state index contributed by atoms with van der Waals surface area (Å²) in [5.74, 6) is -0.627. The van der Waals surface area contributed by atoms with Gasteiger partial charge in [0.25, 0.3) is 5.91 Å². The summed E-state index contributed by atoms with van der Waals surface area (Å²) in [6.45, 7) is 0.487. The van der Waals surface area contributed by atoms with Crippen molar-refractivity contribution in [1.29, 1.82) is 0 Å². The van der Waals surface area contributed by atoms with E-state index in [9.17, 15) is 14.0 Å². The number of aromatic amines is 1. The first-order valence-electron chi connectivity index (χ1n) is 7.63. The molecule has 0 saturated heterocycles. The molecule has 2 aromatic rings. The van der Waals surface area contributed by atoms with Crippen LogP contribution >= 0.6 is 0 Å². The van der Waals surface area contributed by atoms with Crippen molar-refractivity contribution in [3.8, 4) is 0 Å². The monoisotopic (exact) mass is 318 g/mol. The van der Waals surface area contributed by atoms with Gasteiger partial charge in [-0.25, -0.2) is 13.9 Å². The van der Waals surface area contributed by atoms with Gasteiger partial charge in [0, 0.05) is 13.6 Å². The fourth-order valence-electron chi connectivity index (χ4n) is 3.03. The molecule has 0 unspecified atom stereocenters. The number of aromatic nitrogens is 3. The normalized spacial score (nSPS) is 15.9. The highest BCUT2D eigenvalue weighted by Crippen LogP contribution is 2.43. The highest BCUT2D eigenvalue weighted by molar-refractivity contribution is 5.90. The third kappa shape index (κ3) is 3.33. The summed E-state index contributed by atoms with van der Waals surface area (Å²) in [7, 11) is 1.48. The molecule has 1 aromatic carbocycles. The SMILES string of the molecule is Cn1nc(C(=O)NCC2(Cc3cccc(F)c3)CCC2)[nH]c1=O. The number of aryl methyl sites for hydroxylation is 1. The van der Waals surface area contributed by atoms with Crippen molar-refractivity contribution in [2.24, 2.45) is 12.5 Å². The lowest BCUT2D eigenvalue weighted by molar-refractivity contribution is 0.0849. The van der Waals surface area contributed by atoms with Gasteiger partial charge in [0.1, 0.15) is 5.82 Å². The van der Waals surface area contributed by atoms with Gasteiger partial charge < -0.3 is 5.32 Å². The Balaban J connectivity index is 1.65. The summed E-state index contributed by atoms with van der Waals surface area (Å²) in [6, 6.07) is 6.57. The van der Waals surface area contributed by atoms with E-state index in [1.54, 1.807) is 6.07 Å². The average molecular weight is 318 g/mol. The molecule has 2 N–H and O–H groups in total. The summed E-state index contributed by atoms with van der Waals surface area (Å²) in [6.07, 6.45) is 3.81. The van der Waals surface area contributed by atoms with Gasteiger partial charge in [0.2, 0.25) is 5.82 Å². The van der Waals surface area contributed by atoms with E-state index >= 15 is 0 Å². The molecule has 1 saturated carbocycles. The standard InChI is InChI=1S/C16H19FN4O2/c1-21-15(23)19-13(20-21)14(22)18-10-16(6-3-7-16)9-11-4-2-5-12(17)8-11/h2,4-5,8H,3,6-7,9-10H2,1H3,(H,18,22)(H,19,20,23). The third-order valence-corrected chi connectivity index (χ3v) is 4.49. The molecular formula is C16H19FN4O2. The smallest absolute Gasteiger partial charge is 0.343 e. The lowest BCUT2D eigenvalue weighted by atomic mass is 9.65. The first-order valence-corrected chi connectivity index (χ1v) is 7.63. The molecule has 0 radical (unpaired) electrons. The van der Waals surface area contributed by atoms with Gasteiger partial charge >= 0.3 is 5.69 Å². The number of amides is 1. The van der Waals surface area contributed by atoms with E-state index in [0.717, 1.165) is 35.9 Å². The zero-order valence-corrected chi connectivity index (χ0v) is 12.9. The van der Waals surface area contributed by atoms with Gasteiger partial charge in [-0.1, -0.05) is 18.6 Å². The van der Waals surface area contributed by atoms with Crippen molar-refractivity contribution in [3.05, 3.63) is 52.0 Å². The number of halogens is 1. The molecule has 1 amide bonds. The van der Waals surface area contributed by atoms with Crippen LogP contribution in [0.2, 0.25) is 0 Å². The first kappa shape index (κ1) is 15.5. The van der Waals surface area contributed by atoms with Crippen molar-refractivity contribution in [1.82, 2.24) is 20.1 Å². The highest BCUT2D eigenvalue weighted by Gasteiger charge is 2.37. The van der Waals surface area contributed by atoms with Crippen molar-refractivity contribution in [2.75, 3.05) is 6.54 Å². The maximum atomic E-state index is 13.3. The third-order valence-electron chi connectivity index (χ3n) is 4.49. The highest BCUT2D eigenvalue weighted by atomic mass is 19.1. The van der Waals surface area contributed by atoms with E-state index < -0.39 is 11.6 Å². The quantitative estimate of drug-likeness (QED) is 0.874. The number of H-pyrrole nitrogens is 1. The molecule has 7 heteroatoms.